The minimum Gasteiger partial charge on any atom is -0.524 e. The van der Waals surface area contributed by atoms with Crippen LogP contribution in [0.3, 0.4) is 0 Å². The van der Waals surface area contributed by atoms with Gasteiger partial charge in [0, 0.05) is 0 Å². The standard InChI is InChI=1S/C15H26O2Si/c1-3-16-18(12-14-9-10-14)17-11-13(2)15-7-5-4-6-8-15/h12,14-15H,2-11H2,1H3. The Labute approximate surface area is 113 Å². The van der Waals surface area contributed by atoms with Crippen molar-refractivity contribution >= 4 is 14.6 Å². The molecule has 0 atom stereocenters. The zero-order chi connectivity index (χ0) is 12.8. The van der Waals surface area contributed by atoms with Crippen molar-refractivity contribution in [3.05, 3.63) is 12.2 Å². The van der Waals surface area contributed by atoms with Crippen molar-refractivity contribution in [2.75, 3.05) is 13.2 Å². The maximum atomic E-state index is 5.97. The summed E-state index contributed by atoms with van der Waals surface area (Å²) in [7, 11) is -1.15. The van der Waals surface area contributed by atoms with Crippen LogP contribution in [0.25, 0.3) is 0 Å². The zero-order valence-corrected chi connectivity index (χ0v) is 12.6. The Balaban J connectivity index is 1.75. The summed E-state index contributed by atoms with van der Waals surface area (Å²) in [6.07, 6.45) is 9.40. The van der Waals surface area contributed by atoms with Crippen LogP contribution in [-0.2, 0) is 8.85 Å². The lowest BCUT2D eigenvalue weighted by Gasteiger charge is -2.24. The number of hydrogen-bond donors (Lipinski definition) is 0. The summed E-state index contributed by atoms with van der Waals surface area (Å²) in [6, 6.07) is 0. The Morgan fingerprint density at radius 2 is 1.89 bits per heavy atom. The molecule has 2 saturated carbocycles. The molecule has 2 nitrogen and oxygen atoms in total. The summed E-state index contributed by atoms with van der Waals surface area (Å²) >= 11 is 0. The molecule has 0 amide bonds. The van der Waals surface area contributed by atoms with Crippen molar-refractivity contribution in [1.29, 1.82) is 0 Å². The molecule has 0 aromatic carbocycles. The summed E-state index contributed by atoms with van der Waals surface area (Å²) in [4.78, 5) is 0. The van der Waals surface area contributed by atoms with Crippen LogP contribution in [0.1, 0.15) is 51.9 Å². The second kappa shape index (κ2) is 7.12. The molecule has 2 fully saturated rings. The van der Waals surface area contributed by atoms with Crippen LogP contribution in [-0.4, -0.2) is 27.8 Å². The monoisotopic (exact) mass is 266 g/mol. The smallest absolute Gasteiger partial charge is 0.476 e. The molecule has 0 aromatic rings. The lowest BCUT2D eigenvalue weighted by Crippen LogP contribution is -2.21. The van der Waals surface area contributed by atoms with E-state index in [1.165, 1.54) is 50.5 Å². The Morgan fingerprint density at radius 3 is 2.50 bits per heavy atom. The van der Waals surface area contributed by atoms with E-state index in [0.29, 0.717) is 12.5 Å². The third kappa shape index (κ3) is 4.60. The highest BCUT2D eigenvalue weighted by Crippen LogP contribution is 2.29. The molecule has 3 heteroatoms. The van der Waals surface area contributed by atoms with E-state index in [2.05, 4.69) is 12.3 Å². The van der Waals surface area contributed by atoms with Crippen LogP contribution in [0.5, 0.6) is 0 Å². The molecular weight excluding hydrogens is 240 g/mol. The minimum absolute atomic E-state index is 0.699. The lowest BCUT2D eigenvalue weighted by molar-refractivity contribution is 0.230. The quantitative estimate of drug-likeness (QED) is 0.519. The molecule has 2 aliphatic carbocycles. The minimum atomic E-state index is -1.15. The van der Waals surface area contributed by atoms with Gasteiger partial charge in [0.1, 0.15) is 0 Å². The molecule has 18 heavy (non-hydrogen) atoms. The fourth-order valence-electron chi connectivity index (χ4n) is 2.53. The van der Waals surface area contributed by atoms with Crippen molar-refractivity contribution in [2.45, 2.75) is 51.9 Å². The van der Waals surface area contributed by atoms with Crippen molar-refractivity contribution in [2.24, 2.45) is 11.8 Å². The average Bonchev–Trinajstić information content (AvgIpc) is 3.21. The van der Waals surface area contributed by atoms with Crippen molar-refractivity contribution < 1.29 is 8.85 Å². The van der Waals surface area contributed by atoms with E-state index in [1.807, 2.05) is 6.92 Å². The summed E-state index contributed by atoms with van der Waals surface area (Å²) < 4.78 is 11.7. The Bertz CT molecular complexity index is 302. The highest BCUT2D eigenvalue weighted by Gasteiger charge is 2.22. The first-order valence-corrected chi connectivity index (χ1v) is 8.84. The van der Waals surface area contributed by atoms with Crippen LogP contribution in [0, 0.1) is 11.8 Å². The molecule has 0 radical (unpaired) electrons. The first-order valence-electron chi connectivity index (χ1n) is 7.44. The van der Waals surface area contributed by atoms with Gasteiger partial charge in [-0.3, -0.25) is 0 Å². The van der Waals surface area contributed by atoms with E-state index < -0.39 is 8.90 Å². The molecular formula is C15H26O2Si. The van der Waals surface area contributed by atoms with E-state index in [9.17, 15) is 0 Å². The molecule has 0 N–H and O–H groups in total. The van der Waals surface area contributed by atoms with E-state index in [1.54, 1.807) is 0 Å². The van der Waals surface area contributed by atoms with Crippen LogP contribution in [0.4, 0.5) is 0 Å². The molecule has 0 aromatic heterocycles. The number of hydrogen-bond acceptors (Lipinski definition) is 2. The fourth-order valence-corrected chi connectivity index (χ4v) is 4.13. The Kier molecular flexibility index (Phi) is 5.48. The highest BCUT2D eigenvalue weighted by atomic mass is 28.3. The summed E-state index contributed by atoms with van der Waals surface area (Å²) in [5.74, 6) is 1.47. The van der Waals surface area contributed by atoms with Gasteiger partial charge in [-0.25, -0.2) is 0 Å². The van der Waals surface area contributed by atoms with Gasteiger partial charge < -0.3 is 8.85 Å². The van der Waals surface area contributed by atoms with Gasteiger partial charge in [0.05, 0.1) is 13.2 Å². The second-order valence-corrected chi connectivity index (χ2v) is 7.09. The summed E-state index contributed by atoms with van der Waals surface area (Å²) in [5.41, 5.74) is 3.61. The van der Waals surface area contributed by atoms with Crippen LogP contribution in [0.15, 0.2) is 12.2 Å². The molecule has 0 spiro atoms. The van der Waals surface area contributed by atoms with Gasteiger partial charge in [0.15, 0.2) is 0 Å². The predicted octanol–water partition coefficient (Wildman–Crippen LogP) is 3.46. The zero-order valence-electron chi connectivity index (χ0n) is 11.6. The van der Waals surface area contributed by atoms with Gasteiger partial charge >= 0.3 is 8.90 Å². The molecule has 102 valence electrons. The van der Waals surface area contributed by atoms with Gasteiger partial charge in [-0.05, 0) is 55.7 Å². The fraction of sp³-hybridized carbons (Fsp3) is 0.800. The summed E-state index contributed by atoms with van der Waals surface area (Å²) in [6.45, 7) is 7.74. The molecule has 0 saturated heterocycles. The molecule has 0 aliphatic heterocycles. The first kappa shape index (κ1) is 13.8. The van der Waals surface area contributed by atoms with Crippen LogP contribution < -0.4 is 0 Å². The topological polar surface area (TPSA) is 18.5 Å². The van der Waals surface area contributed by atoms with E-state index in [0.717, 1.165) is 12.5 Å². The first-order chi connectivity index (χ1) is 8.79. The van der Waals surface area contributed by atoms with Gasteiger partial charge in [0.25, 0.3) is 0 Å². The SMILES string of the molecule is C=C(CO[Si](=CC1CC1)OCC)C1CCCCC1. The number of rotatable bonds is 7. The Hall–Kier alpha value is -0.573. The molecule has 0 bridgehead atoms. The Morgan fingerprint density at radius 1 is 1.17 bits per heavy atom. The van der Waals surface area contributed by atoms with Crippen molar-refractivity contribution in [1.82, 2.24) is 0 Å². The third-order valence-electron chi connectivity index (χ3n) is 3.86. The molecule has 0 heterocycles. The molecule has 0 unspecified atom stereocenters. The summed E-state index contributed by atoms with van der Waals surface area (Å²) in [5, 5.41) is 0. The van der Waals surface area contributed by atoms with E-state index >= 15 is 0 Å². The third-order valence-corrected chi connectivity index (χ3v) is 5.61. The largest absolute Gasteiger partial charge is 0.524 e. The van der Waals surface area contributed by atoms with Crippen LogP contribution in [0.2, 0.25) is 0 Å². The molecule has 2 rings (SSSR count). The normalized spacial score (nSPS) is 21.7. The van der Waals surface area contributed by atoms with Gasteiger partial charge in [0.2, 0.25) is 0 Å². The highest BCUT2D eigenvalue weighted by molar-refractivity contribution is 6.54. The van der Waals surface area contributed by atoms with Gasteiger partial charge in [-0.2, -0.15) is 0 Å². The van der Waals surface area contributed by atoms with Gasteiger partial charge in [-0.1, -0.05) is 25.8 Å². The average molecular weight is 266 g/mol. The predicted molar refractivity (Wildman–Crippen MR) is 77.8 cm³/mol. The van der Waals surface area contributed by atoms with Crippen LogP contribution >= 0.6 is 0 Å². The second-order valence-electron chi connectivity index (χ2n) is 5.54. The maximum Gasteiger partial charge on any atom is 0.476 e. The van der Waals surface area contributed by atoms with Crippen molar-refractivity contribution in [3.8, 4) is 0 Å². The van der Waals surface area contributed by atoms with Crippen molar-refractivity contribution in [3.63, 3.8) is 0 Å². The maximum absolute atomic E-state index is 5.97. The van der Waals surface area contributed by atoms with E-state index in [4.69, 9.17) is 8.85 Å². The van der Waals surface area contributed by atoms with E-state index in [-0.39, 0.29) is 0 Å². The van der Waals surface area contributed by atoms with Gasteiger partial charge in [-0.15, -0.1) is 0 Å². The molecule has 2 aliphatic rings. The lowest BCUT2D eigenvalue weighted by atomic mass is 9.85.